The van der Waals surface area contributed by atoms with Gasteiger partial charge in [-0.3, -0.25) is 15.2 Å². The number of hydrogen-bond donors (Lipinski definition) is 3. The van der Waals surface area contributed by atoms with Gasteiger partial charge in [0.05, 0.1) is 24.4 Å². The van der Waals surface area contributed by atoms with Crippen molar-refractivity contribution in [1.29, 1.82) is 0 Å². The van der Waals surface area contributed by atoms with Crippen LogP contribution in [0.1, 0.15) is 22.7 Å². The fraction of sp³-hybridized carbons (Fsp3) is 0.333. The van der Waals surface area contributed by atoms with Crippen LogP contribution in [0.4, 0.5) is 0 Å². The van der Waals surface area contributed by atoms with Gasteiger partial charge in [0, 0.05) is 31.6 Å². The molecule has 4 unspecified atom stereocenters. The van der Waals surface area contributed by atoms with Crippen LogP contribution in [0.2, 0.25) is 0 Å². The second kappa shape index (κ2) is 11.1. The lowest BCUT2D eigenvalue weighted by Gasteiger charge is -2.53. The summed E-state index contributed by atoms with van der Waals surface area (Å²) in [5, 5.41) is 26.8. The SMILES string of the molecule is C=CCN(C1OC1NCc1ccccc1)N1CC2OC2N2[C@@H](c3cccc(O)c3)C(=O)N(Cc3cccc4cn[nH]c34)C[C@@H]21. The molecule has 44 heavy (non-hydrogen) atoms. The Hall–Kier alpha value is -4.10. The van der Waals surface area contributed by atoms with Gasteiger partial charge in [-0.15, -0.1) is 6.58 Å². The van der Waals surface area contributed by atoms with Crippen LogP contribution in [0.15, 0.2) is 91.6 Å². The number of piperazine rings is 1. The minimum absolute atomic E-state index is 0.0279. The lowest BCUT2D eigenvalue weighted by molar-refractivity contribution is -0.192. The summed E-state index contributed by atoms with van der Waals surface area (Å²) in [7, 11) is 0. The maximum atomic E-state index is 14.4. The molecule has 3 N–H and O–H groups in total. The number of benzene rings is 3. The van der Waals surface area contributed by atoms with E-state index in [4.69, 9.17) is 9.47 Å². The first-order valence-corrected chi connectivity index (χ1v) is 15.1. The molecule has 11 nitrogen and oxygen atoms in total. The number of rotatable bonds is 10. The standard InChI is InChI=1S/C33H35N7O4/c1-2-14-38(33-30(44-33)34-16-21-8-4-3-5-9-21)39-19-26-32(43-26)40-27(39)20-37(18-24-12-6-11-23-17-35-36-28(23)24)31(42)29(40)22-10-7-13-25(41)15-22/h2-13,15,17,26-27,29-30,32-34,41H,1,14,16,18-20H2,(H,35,36)/t26?,27-,29+,30?,32?,33?/m1/s1. The minimum atomic E-state index is -0.627. The molecule has 3 aromatic carbocycles. The summed E-state index contributed by atoms with van der Waals surface area (Å²) < 4.78 is 12.4. The van der Waals surface area contributed by atoms with Gasteiger partial charge < -0.3 is 19.5 Å². The second-order valence-corrected chi connectivity index (χ2v) is 11.8. The van der Waals surface area contributed by atoms with E-state index in [1.54, 1.807) is 24.4 Å². The highest BCUT2D eigenvalue weighted by molar-refractivity contribution is 5.86. The van der Waals surface area contributed by atoms with Gasteiger partial charge in [-0.25, -0.2) is 14.9 Å². The number of para-hydroxylation sites is 1. The molecule has 11 heteroatoms. The average Bonchev–Trinajstić information content (AvgIpc) is 3.94. The molecule has 4 aliphatic rings. The highest BCUT2D eigenvalue weighted by Crippen LogP contribution is 2.46. The van der Waals surface area contributed by atoms with Crippen LogP contribution in [-0.2, 0) is 27.4 Å². The third kappa shape index (κ3) is 4.97. The van der Waals surface area contributed by atoms with Crippen molar-refractivity contribution in [3.63, 3.8) is 0 Å². The summed E-state index contributed by atoms with van der Waals surface area (Å²) >= 11 is 0. The molecule has 0 spiro atoms. The molecule has 0 radical (unpaired) electrons. The monoisotopic (exact) mass is 593 g/mol. The third-order valence-corrected chi connectivity index (χ3v) is 9.00. The first-order chi connectivity index (χ1) is 21.6. The Morgan fingerprint density at radius 3 is 2.80 bits per heavy atom. The zero-order valence-electron chi connectivity index (χ0n) is 24.2. The summed E-state index contributed by atoms with van der Waals surface area (Å²) in [6, 6.07) is 22.7. The van der Waals surface area contributed by atoms with Crippen molar-refractivity contribution in [3.8, 4) is 5.75 Å². The number of nitrogens with one attached hydrogen (secondary N) is 2. The Kier molecular flexibility index (Phi) is 6.93. The molecule has 0 bridgehead atoms. The van der Waals surface area contributed by atoms with E-state index in [1.165, 1.54) is 5.56 Å². The van der Waals surface area contributed by atoms with Crippen molar-refractivity contribution in [2.45, 2.75) is 50.1 Å². The van der Waals surface area contributed by atoms with Crippen LogP contribution < -0.4 is 5.32 Å². The minimum Gasteiger partial charge on any atom is -0.508 e. The molecule has 6 atom stereocenters. The predicted octanol–water partition coefficient (Wildman–Crippen LogP) is 2.90. The first kappa shape index (κ1) is 27.4. The zero-order valence-corrected chi connectivity index (χ0v) is 24.2. The predicted molar refractivity (Wildman–Crippen MR) is 162 cm³/mol. The molecule has 4 saturated heterocycles. The normalized spacial score (nSPS) is 28.2. The van der Waals surface area contributed by atoms with E-state index in [0.717, 1.165) is 22.0 Å². The van der Waals surface area contributed by atoms with Crippen molar-refractivity contribution in [2.24, 2.45) is 0 Å². The van der Waals surface area contributed by atoms with Crippen LogP contribution in [0.3, 0.4) is 0 Å². The van der Waals surface area contributed by atoms with Crippen LogP contribution in [0.5, 0.6) is 5.75 Å². The van der Waals surface area contributed by atoms with Gasteiger partial charge in [0.2, 0.25) is 5.91 Å². The number of phenols is 1. The molecule has 1 aromatic heterocycles. The Balaban J connectivity index is 1.11. The fourth-order valence-electron chi connectivity index (χ4n) is 6.83. The third-order valence-electron chi connectivity index (χ3n) is 9.00. The molecule has 226 valence electrons. The summed E-state index contributed by atoms with van der Waals surface area (Å²) in [6.45, 7) is 6.89. The molecule has 4 aliphatic heterocycles. The maximum absolute atomic E-state index is 14.4. The lowest BCUT2D eigenvalue weighted by atomic mass is 9.97. The highest BCUT2D eigenvalue weighted by atomic mass is 16.6. The van der Waals surface area contributed by atoms with E-state index in [-0.39, 0.29) is 42.6 Å². The maximum Gasteiger partial charge on any atom is 0.245 e. The number of carbonyl (C=O) groups is 1. The molecule has 0 aliphatic carbocycles. The Morgan fingerprint density at radius 2 is 1.95 bits per heavy atom. The smallest absolute Gasteiger partial charge is 0.245 e. The van der Waals surface area contributed by atoms with Gasteiger partial charge in [0.15, 0.2) is 12.5 Å². The number of phenolic OH excluding ortho intramolecular Hbond substituents is 1. The number of epoxide rings is 2. The van der Waals surface area contributed by atoms with E-state index in [9.17, 15) is 9.90 Å². The van der Waals surface area contributed by atoms with Gasteiger partial charge in [-0.1, -0.05) is 66.7 Å². The topological polar surface area (TPSA) is 116 Å². The molecular weight excluding hydrogens is 558 g/mol. The molecular formula is C33H35N7O4. The van der Waals surface area contributed by atoms with Crippen molar-refractivity contribution in [2.75, 3.05) is 19.6 Å². The van der Waals surface area contributed by atoms with E-state index in [0.29, 0.717) is 32.7 Å². The molecule has 4 aromatic rings. The summed E-state index contributed by atoms with van der Waals surface area (Å²) in [6.07, 6.45) is 2.96. The van der Waals surface area contributed by atoms with Crippen molar-refractivity contribution < 1.29 is 19.4 Å². The van der Waals surface area contributed by atoms with Gasteiger partial charge >= 0.3 is 0 Å². The van der Waals surface area contributed by atoms with E-state index in [1.807, 2.05) is 53.4 Å². The number of aromatic amines is 1. The number of ether oxygens (including phenoxy) is 2. The molecule has 8 rings (SSSR count). The van der Waals surface area contributed by atoms with Gasteiger partial charge in [-0.2, -0.15) is 5.10 Å². The Morgan fingerprint density at radius 1 is 1.09 bits per heavy atom. The number of hydrogen-bond acceptors (Lipinski definition) is 9. The fourth-order valence-corrected chi connectivity index (χ4v) is 6.83. The first-order valence-electron chi connectivity index (χ1n) is 15.1. The highest BCUT2D eigenvalue weighted by Gasteiger charge is 2.62. The largest absolute Gasteiger partial charge is 0.508 e. The molecule has 4 fully saturated rings. The number of carbonyl (C=O) groups excluding carboxylic acids is 1. The van der Waals surface area contributed by atoms with Crippen LogP contribution in [0, 0.1) is 0 Å². The quantitative estimate of drug-likeness (QED) is 0.189. The van der Waals surface area contributed by atoms with Gasteiger partial charge in [-0.05, 0) is 28.8 Å². The van der Waals surface area contributed by atoms with Crippen LogP contribution in [-0.4, -0.2) is 91.6 Å². The van der Waals surface area contributed by atoms with Crippen molar-refractivity contribution >= 4 is 16.8 Å². The van der Waals surface area contributed by atoms with Gasteiger partial charge in [0.1, 0.15) is 24.1 Å². The van der Waals surface area contributed by atoms with Crippen molar-refractivity contribution in [1.82, 2.24) is 35.3 Å². The van der Waals surface area contributed by atoms with Crippen LogP contribution >= 0.6 is 0 Å². The number of fused-ring (bicyclic) bond motifs is 4. The average molecular weight is 594 g/mol. The summed E-state index contributed by atoms with van der Waals surface area (Å²) in [5.41, 5.74) is 3.85. The number of aromatic hydroxyl groups is 1. The Labute approximate surface area is 255 Å². The number of amides is 1. The van der Waals surface area contributed by atoms with Crippen LogP contribution in [0.25, 0.3) is 10.9 Å². The van der Waals surface area contributed by atoms with Crippen molar-refractivity contribution in [3.05, 3.63) is 108 Å². The lowest BCUT2D eigenvalue weighted by Crippen LogP contribution is -2.70. The number of nitrogens with zero attached hydrogens (tertiary/aromatic N) is 5. The number of hydrazine groups is 1. The number of H-pyrrole nitrogens is 1. The molecule has 1 amide bonds. The zero-order chi connectivity index (χ0) is 29.8. The van der Waals surface area contributed by atoms with E-state index < -0.39 is 6.04 Å². The Bertz CT molecular complexity index is 1680. The second-order valence-electron chi connectivity index (χ2n) is 11.8. The summed E-state index contributed by atoms with van der Waals surface area (Å²) in [4.78, 5) is 18.5. The molecule has 0 saturated carbocycles. The summed E-state index contributed by atoms with van der Waals surface area (Å²) in [5.74, 6) is 0.0974. The van der Waals surface area contributed by atoms with E-state index in [2.05, 4.69) is 49.1 Å². The van der Waals surface area contributed by atoms with E-state index >= 15 is 0 Å². The number of aromatic nitrogens is 2. The molecule has 5 heterocycles. The van der Waals surface area contributed by atoms with Gasteiger partial charge in [0.25, 0.3) is 0 Å².